The third-order valence-corrected chi connectivity index (χ3v) is 6.65. The molecule has 0 amide bonds. The number of rotatable bonds is 3. The molecule has 1 heterocycles. The Labute approximate surface area is 118 Å². The Balaban J connectivity index is 2.03. The highest BCUT2D eigenvalue weighted by molar-refractivity contribution is 9.09. The fourth-order valence-corrected chi connectivity index (χ4v) is 5.38. The number of aryl methyl sites for hydroxylation is 2. The van der Waals surface area contributed by atoms with E-state index in [0.29, 0.717) is 11.5 Å². The van der Waals surface area contributed by atoms with Crippen LogP contribution in [-0.4, -0.2) is 24.8 Å². The van der Waals surface area contributed by atoms with Gasteiger partial charge in [-0.2, -0.15) is 0 Å². The van der Waals surface area contributed by atoms with Crippen molar-refractivity contribution in [3.63, 3.8) is 0 Å². The van der Waals surface area contributed by atoms with Crippen LogP contribution in [0.4, 0.5) is 0 Å². The van der Waals surface area contributed by atoms with E-state index < -0.39 is 9.84 Å². The average molecular weight is 331 g/mol. The highest BCUT2D eigenvalue weighted by Crippen LogP contribution is 2.29. The van der Waals surface area contributed by atoms with Crippen molar-refractivity contribution in [3.8, 4) is 0 Å². The molecule has 0 spiro atoms. The molecule has 2 atom stereocenters. The van der Waals surface area contributed by atoms with E-state index in [0.717, 1.165) is 12.8 Å². The molecule has 2 unspecified atom stereocenters. The van der Waals surface area contributed by atoms with E-state index in [9.17, 15) is 8.42 Å². The van der Waals surface area contributed by atoms with E-state index in [1.807, 2.05) is 0 Å². The molecule has 2 rings (SSSR count). The molecule has 18 heavy (non-hydrogen) atoms. The molecule has 1 saturated heterocycles. The lowest BCUT2D eigenvalue weighted by molar-refractivity contribution is 0.563. The molecule has 1 fully saturated rings. The predicted octanol–water partition coefficient (Wildman–Crippen LogP) is 3.04. The summed E-state index contributed by atoms with van der Waals surface area (Å²) in [7, 11) is -2.78. The molecule has 0 aliphatic carbocycles. The van der Waals surface area contributed by atoms with Crippen molar-refractivity contribution in [2.24, 2.45) is 5.92 Å². The fraction of sp³-hybridized carbons (Fsp3) is 0.571. The van der Waals surface area contributed by atoms with Gasteiger partial charge in [0.1, 0.15) is 0 Å². The molecule has 0 radical (unpaired) electrons. The smallest absolute Gasteiger partial charge is 0.150 e. The Hall–Kier alpha value is -0.350. The van der Waals surface area contributed by atoms with Gasteiger partial charge in [-0.05, 0) is 49.3 Å². The molecule has 1 aliphatic rings. The van der Waals surface area contributed by atoms with Crippen molar-refractivity contribution >= 4 is 25.8 Å². The van der Waals surface area contributed by atoms with Gasteiger partial charge in [-0.15, -0.1) is 0 Å². The normalized spacial score (nSPS) is 24.1. The van der Waals surface area contributed by atoms with Crippen LogP contribution < -0.4 is 0 Å². The average Bonchev–Trinajstić information content (AvgIpc) is 2.64. The second-order valence-corrected chi connectivity index (χ2v) is 8.71. The molecule has 100 valence electrons. The maximum Gasteiger partial charge on any atom is 0.150 e. The van der Waals surface area contributed by atoms with Crippen LogP contribution >= 0.6 is 15.9 Å². The summed E-state index contributed by atoms with van der Waals surface area (Å²) in [5.74, 6) is 0.956. The Kier molecular flexibility index (Phi) is 4.17. The molecule has 0 saturated carbocycles. The molecular weight excluding hydrogens is 312 g/mol. The van der Waals surface area contributed by atoms with Gasteiger partial charge in [-0.25, -0.2) is 8.42 Å². The van der Waals surface area contributed by atoms with Gasteiger partial charge >= 0.3 is 0 Å². The van der Waals surface area contributed by atoms with Crippen LogP contribution in [-0.2, 0) is 16.3 Å². The zero-order chi connectivity index (χ0) is 13.3. The van der Waals surface area contributed by atoms with Crippen molar-refractivity contribution in [1.82, 2.24) is 0 Å². The first-order chi connectivity index (χ1) is 8.37. The predicted molar refractivity (Wildman–Crippen MR) is 79.1 cm³/mol. The van der Waals surface area contributed by atoms with Crippen LogP contribution in [0.25, 0.3) is 0 Å². The van der Waals surface area contributed by atoms with Gasteiger partial charge < -0.3 is 0 Å². The van der Waals surface area contributed by atoms with Gasteiger partial charge in [-0.1, -0.05) is 34.1 Å². The summed E-state index contributed by atoms with van der Waals surface area (Å²) >= 11 is 3.67. The molecule has 1 aliphatic heterocycles. The first kappa shape index (κ1) is 14.1. The molecule has 4 heteroatoms. The van der Waals surface area contributed by atoms with Gasteiger partial charge in [0, 0.05) is 4.83 Å². The molecule has 1 aromatic rings. The molecule has 0 N–H and O–H groups in total. The lowest BCUT2D eigenvalue weighted by Crippen LogP contribution is -2.18. The van der Waals surface area contributed by atoms with Crippen LogP contribution in [0, 0.1) is 19.8 Å². The minimum absolute atomic E-state index is 0.261. The molecule has 0 bridgehead atoms. The lowest BCUT2D eigenvalue weighted by atomic mass is 9.97. The minimum Gasteiger partial charge on any atom is -0.229 e. The standard InChI is InChI=1S/C14H19BrO2S/c1-10-3-4-12(7-11(10)2)8-14(15)13-5-6-18(16,17)9-13/h3-4,7,13-14H,5-6,8-9H2,1-2H3. The maximum absolute atomic E-state index is 11.5. The van der Waals surface area contributed by atoms with E-state index in [4.69, 9.17) is 0 Å². The van der Waals surface area contributed by atoms with Crippen molar-refractivity contribution in [2.75, 3.05) is 11.5 Å². The Morgan fingerprint density at radius 2 is 2.06 bits per heavy atom. The largest absolute Gasteiger partial charge is 0.229 e. The van der Waals surface area contributed by atoms with Crippen LogP contribution in [0.1, 0.15) is 23.1 Å². The highest BCUT2D eigenvalue weighted by Gasteiger charge is 2.32. The monoisotopic (exact) mass is 330 g/mol. The summed E-state index contributed by atoms with van der Waals surface area (Å²) in [5.41, 5.74) is 3.88. The zero-order valence-electron chi connectivity index (χ0n) is 10.8. The number of sulfone groups is 1. The van der Waals surface area contributed by atoms with Gasteiger partial charge in [-0.3, -0.25) is 0 Å². The summed E-state index contributed by atoms with van der Waals surface area (Å²) in [6, 6.07) is 6.48. The van der Waals surface area contributed by atoms with Crippen molar-refractivity contribution in [2.45, 2.75) is 31.5 Å². The van der Waals surface area contributed by atoms with Crippen LogP contribution in [0.2, 0.25) is 0 Å². The van der Waals surface area contributed by atoms with E-state index in [-0.39, 0.29) is 10.7 Å². The summed E-state index contributed by atoms with van der Waals surface area (Å²) in [6.07, 6.45) is 1.70. The van der Waals surface area contributed by atoms with Gasteiger partial charge in [0.25, 0.3) is 0 Å². The molecule has 1 aromatic carbocycles. The van der Waals surface area contributed by atoms with Crippen LogP contribution in [0.5, 0.6) is 0 Å². The molecule has 2 nitrogen and oxygen atoms in total. The van der Waals surface area contributed by atoms with Gasteiger partial charge in [0.15, 0.2) is 9.84 Å². The Bertz CT molecular complexity index is 537. The third kappa shape index (κ3) is 3.35. The Morgan fingerprint density at radius 1 is 1.33 bits per heavy atom. The fourth-order valence-electron chi connectivity index (χ4n) is 2.43. The number of halogens is 1. The zero-order valence-corrected chi connectivity index (χ0v) is 13.2. The lowest BCUT2D eigenvalue weighted by Gasteiger charge is -2.16. The van der Waals surface area contributed by atoms with Gasteiger partial charge in [0.2, 0.25) is 0 Å². The summed E-state index contributed by atoms with van der Waals surface area (Å²) in [4.78, 5) is 0.261. The van der Waals surface area contributed by atoms with Crippen molar-refractivity contribution in [3.05, 3.63) is 34.9 Å². The maximum atomic E-state index is 11.5. The van der Waals surface area contributed by atoms with E-state index in [1.165, 1.54) is 16.7 Å². The Morgan fingerprint density at radius 3 is 2.61 bits per heavy atom. The summed E-state index contributed by atoms with van der Waals surface area (Å²) in [5, 5.41) is 0. The highest BCUT2D eigenvalue weighted by atomic mass is 79.9. The van der Waals surface area contributed by atoms with E-state index in [1.54, 1.807) is 0 Å². The topological polar surface area (TPSA) is 34.1 Å². The van der Waals surface area contributed by atoms with Gasteiger partial charge in [0.05, 0.1) is 11.5 Å². The summed E-state index contributed by atoms with van der Waals surface area (Å²) < 4.78 is 23.0. The first-order valence-electron chi connectivity index (χ1n) is 6.28. The summed E-state index contributed by atoms with van der Waals surface area (Å²) in [6.45, 7) is 4.22. The second kappa shape index (κ2) is 5.33. The third-order valence-electron chi connectivity index (χ3n) is 3.78. The van der Waals surface area contributed by atoms with Crippen molar-refractivity contribution < 1.29 is 8.42 Å². The minimum atomic E-state index is -2.78. The molecular formula is C14H19BrO2S. The number of hydrogen-bond donors (Lipinski definition) is 0. The quantitative estimate of drug-likeness (QED) is 0.798. The number of hydrogen-bond acceptors (Lipinski definition) is 2. The SMILES string of the molecule is Cc1ccc(CC(Br)C2CCS(=O)(=O)C2)cc1C. The number of alkyl halides is 1. The van der Waals surface area contributed by atoms with Crippen LogP contribution in [0.3, 0.4) is 0 Å². The van der Waals surface area contributed by atoms with E-state index >= 15 is 0 Å². The van der Waals surface area contributed by atoms with Crippen LogP contribution in [0.15, 0.2) is 18.2 Å². The molecule has 0 aromatic heterocycles. The number of benzene rings is 1. The second-order valence-electron chi connectivity index (χ2n) is 5.30. The first-order valence-corrected chi connectivity index (χ1v) is 9.02. The van der Waals surface area contributed by atoms with E-state index in [2.05, 4.69) is 48.0 Å². The van der Waals surface area contributed by atoms with Crippen molar-refractivity contribution in [1.29, 1.82) is 0 Å².